The first-order valence-corrected chi connectivity index (χ1v) is 9.09. The Morgan fingerprint density at radius 1 is 1.15 bits per heavy atom. The number of urea groups is 1. The molecule has 3 N–H and O–H groups in total. The highest BCUT2D eigenvalue weighted by molar-refractivity contribution is 5.73. The molecule has 1 aliphatic rings. The summed E-state index contributed by atoms with van der Waals surface area (Å²) in [4.78, 5) is 11.9. The number of fused-ring (bicyclic) bond motifs is 1. The number of carbonyl (C=O) groups excluding carboxylic acids is 1. The molecule has 1 heterocycles. The van der Waals surface area contributed by atoms with Crippen molar-refractivity contribution < 1.29 is 14.6 Å². The van der Waals surface area contributed by atoms with Crippen LogP contribution in [0.1, 0.15) is 30.0 Å². The van der Waals surface area contributed by atoms with Gasteiger partial charge in [-0.05, 0) is 42.5 Å². The van der Waals surface area contributed by atoms with Gasteiger partial charge in [0.05, 0.1) is 12.2 Å². The quantitative estimate of drug-likeness (QED) is 0.716. The van der Waals surface area contributed by atoms with Gasteiger partial charge in [0.15, 0.2) is 0 Å². The van der Waals surface area contributed by atoms with Crippen molar-refractivity contribution in [3.8, 4) is 5.75 Å². The Morgan fingerprint density at radius 3 is 2.73 bits per heavy atom. The highest BCUT2D eigenvalue weighted by Crippen LogP contribution is 2.26. The average Bonchev–Trinajstić information content (AvgIpc) is 3.10. The summed E-state index contributed by atoms with van der Waals surface area (Å²) in [7, 11) is 0. The molecule has 3 rings (SSSR count). The molecule has 1 unspecified atom stereocenters. The third-order valence-electron chi connectivity index (χ3n) is 4.75. The Balaban J connectivity index is 1.37. The minimum absolute atomic E-state index is 0.210. The molecule has 0 spiro atoms. The van der Waals surface area contributed by atoms with Gasteiger partial charge in [0.1, 0.15) is 5.75 Å². The number of ether oxygens (including phenoxy) is 1. The van der Waals surface area contributed by atoms with Crippen LogP contribution in [0.5, 0.6) is 5.75 Å². The van der Waals surface area contributed by atoms with Gasteiger partial charge >= 0.3 is 6.03 Å². The second-order valence-electron chi connectivity index (χ2n) is 6.86. The molecule has 5 nitrogen and oxygen atoms in total. The first-order chi connectivity index (χ1) is 12.5. The van der Waals surface area contributed by atoms with Gasteiger partial charge in [-0.3, -0.25) is 0 Å². The molecule has 138 valence electrons. The molecule has 0 aliphatic carbocycles. The lowest BCUT2D eigenvalue weighted by atomic mass is 9.93. The standard InChI is InChI=1S/C21H26N2O3/c1-21(25,18-5-3-2-4-6-18)11-13-23-20(24)22-12-9-16-7-8-19-17(15-16)10-14-26-19/h2-8,15,25H,9-14H2,1H3,(H2,22,23,24). The molecular weight excluding hydrogens is 328 g/mol. The van der Waals surface area contributed by atoms with Gasteiger partial charge in [0.2, 0.25) is 0 Å². The lowest BCUT2D eigenvalue weighted by molar-refractivity contribution is 0.0487. The first-order valence-electron chi connectivity index (χ1n) is 9.09. The second-order valence-corrected chi connectivity index (χ2v) is 6.86. The predicted octanol–water partition coefficient (Wildman–Crippen LogP) is 2.76. The Morgan fingerprint density at radius 2 is 1.92 bits per heavy atom. The van der Waals surface area contributed by atoms with E-state index >= 15 is 0 Å². The molecule has 0 fully saturated rings. The lowest BCUT2D eigenvalue weighted by Crippen LogP contribution is -2.39. The van der Waals surface area contributed by atoms with Crippen LogP contribution in [0.2, 0.25) is 0 Å². The summed E-state index contributed by atoms with van der Waals surface area (Å²) >= 11 is 0. The Kier molecular flexibility index (Phi) is 5.78. The van der Waals surface area contributed by atoms with Crippen molar-refractivity contribution in [2.24, 2.45) is 0 Å². The molecule has 0 bridgehead atoms. The average molecular weight is 354 g/mol. The number of amides is 2. The molecule has 0 saturated carbocycles. The third-order valence-corrected chi connectivity index (χ3v) is 4.75. The lowest BCUT2D eigenvalue weighted by Gasteiger charge is -2.24. The van der Waals surface area contributed by atoms with Crippen LogP contribution in [-0.2, 0) is 18.4 Å². The van der Waals surface area contributed by atoms with Gasteiger partial charge in [-0.15, -0.1) is 0 Å². The van der Waals surface area contributed by atoms with Crippen LogP contribution in [0.15, 0.2) is 48.5 Å². The minimum atomic E-state index is -0.957. The number of hydrogen-bond donors (Lipinski definition) is 3. The third kappa shape index (κ3) is 4.76. The van der Waals surface area contributed by atoms with Crippen molar-refractivity contribution in [1.82, 2.24) is 10.6 Å². The number of benzene rings is 2. The topological polar surface area (TPSA) is 70.6 Å². The zero-order valence-corrected chi connectivity index (χ0v) is 15.1. The van der Waals surface area contributed by atoms with Crippen molar-refractivity contribution >= 4 is 6.03 Å². The van der Waals surface area contributed by atoms with Crippen LogP contribution < -0.4 is 15.4 Å². The molecule has 1 atom stereocenters. The van der Waals surface area contributed by atoms with E-state index in [0.717, 1.165) is 30.8 Å². The summed E-state index contributed by atoms with van der Waals surface area (Å²) in [6, 6.07) is 15.5. The van der Waals surface area contributed by atoms with Gasteiger partial charge < -0.3 is 20.5 Å². The van der Waals surface area contributed by atoms with Crippen LogP contribution >= 0.6 is 0 Å². The van der Waals surface area contributed by atoms with Gasteiger partial charge in [-0.25, -0.2) is 4.79 Å². The van der Waals surface area contributed by atoms with E-state index in [9.17, 15) is 9.90 Å². The monoisotopic (exact) mass is 354 g/mol. The fourth-order valence-electron chi connectivity index (χ4n) is 3.14. The second kappa shape index (κ2) is 8.23. The normalized spacial score (nSPS) is 14.8. The van der Waals surface area contributed by atoms with Crippen LogP contribution in [0, 0.1) is 0 Å². The van der Waals surface area contributed by atoms with Crippen LogP contribution in [0.25, 0.3) is 0 Å². The van der Waals surface area contributed by atoms with Crippen molar-refractivity contribution in [2.45, 2.75) is 31.8 Å². The summed E-state index contributed by atoms with van der Waals surface area (Å²) in [5.41, 5.74) is 2.33. The smallest absolute Gasteiger partial charge is 0.314 e. The summed E-state index contributed by atoms with van der Waals surface area (Å²) in [6.07, 6.45) is 2.19. The molecule has 2 aromatic rings. The highest BCUT2D eigenvalue weighted by Gasteiger charge is 2.22. The molecule has 0 saturated heterocycles. The molecule has 2 amide bonds. The summed E-state index contributed by atoms with van der Waals surface area (Å²) < 4.78 is 5.50. The fourth-order valence-corrected chi connectivity index (χ4v) is 3.14. The van der Waals surface area contributed by atoms with E-state index in [1.54, 1.807) is 6.92 Å². The first kappa shape index (κ1) is 18.3. The fraction of sp³-hybridized carbons (Fsp3) is 0.381. The number of nitrogens with one attached hydrogen (secondary N) is 2. The van der Waals surface area contributed by atoms with Crippen molar-refractivity contribution in [1.29, 1.82) is 0 Å². The predicted molar refractivity (Wildman–Crippen MR) is 101 cm³/mol. The Labute approximate surface area is 154 Å². The number of hydrogen-bond acceptors (Lipinski definition) is 3. The molecule has 26 heavy (non-hydrogen) atoms. The van der Waals surface area contributed by atoms with Crippen molar-refractivity contribution in [3.05, 3.63) is 65.2 Å². The SMILES string of the molecule is CC(O)(CCNC(=O)NCCc1ccc2c(c1)CCO2)c1ccccc1. The largest absolute Gasteiger partial charge is 0.493 e. The van der Waals surface area contributed by atoms with E-state index in [0.29, 0.717) is 19.5 Å². The number of aliphatic hydroxyl groups is 1. The van der Waals surface area contributed by atoms with Gasteiger partial charge in [0.25, 0.3) is 0 Å². The number of carbonyl (C=O) groups is 1. The molecule has 0 radical (unpaired) electrons. The van der Waals surface area contributed by atoms with E-state index in [1.807, 2.05) is 42.5 Å². The maximum Gasteiger partial charge on any atom is 0.314 e. The van der Waals surface area contributed by atoms with Crippen LogP contribution in [0.4, 0.5) is 4.79 Å². The zero-order chi connectivity index (χ0) is 18.4. The number of rotatable bonds is 7. The Bertz CT molecular complexity index is 744. The van der Waals surface area contributed by atoms with Gasteiger partial charge in [-0.2, -0.15) is 0 Å². The van der Waals surface area contributed by atoms with Crippen molar-refractivity contribution in [3.63, 3.8) is 0 Å². The molecule has 0 aromatic heterocycles. The zero-order valence-electron chi connectivity index (χ0n) is 15.1. The minimum Gasteiger partial charge on any atom is -0.493 e. The van der Waals surface area contributed by atoms with Crippen LogP contribution in [0.3, 0.4) is 0 Å². The van der Waals surface area contributed by atoms with E-state index in [2.05, 4.69) is 16.7 Å². The summed E-state index contributed by atoms with van der Waals surface area (Å²) in [6.45, 7) is 3.50. The van der Waals surface area contributed by atoms with E-state index in [-0.39, 0.29) is 6.03 Å². The highest BCUT2D eigenvalue weighted by atomic mass is 16.5. The van der Waals surface area contributed by atoms with Gasteiger partial charge in [-0.1, -0.05) is 42.5 Å². The maximum absolute atomic E-state index is 11.9. The maximum atomic E-state index is 11.9. The van der Waals surface area contributed by atoms with E-state index in [1.165, 1.54) is 11.1 Å². The Hall–Kier alpha value is -2.53. The molecule has 1 aliphatic heterocycles. The molecular formula is C21H26N2O3. The van der Waals surface area contributed by atoms with E-state index in [4.69, 9.17) is 4.74 Å². The van der Waals surface area contributed by atoms with E-state index < -0.39 is 5.60 Å². The summed E-state index contributed by atoms with van der Waals surface area (Å²) in [5, 5.41) is 16.2. The molecule has 5 heteroatoms. The van der Waals surface area contributed by atoms with Crippen LogP contribution in [-0.4, -0.2) is 30.8 Å². The summed E-state index contributed by atoms with van der Waals surface area (Å²) in [5.74, 6) is 0.977. The van der Waals surface area contributed by atoms with Gasteiger partial charge in [0, 0.05) is 19.5 Å². The van der Waals surface area contributed by atoms with Crippen molar-refractivity contribution in [2.75, 3.05) is 19.7 Å². The molecule has 2 aromatic carbocycles.